The van der Waals surface area contributed by atoms with Crippen LogP contribution in [0.1, 0.15) is 25.6 Å². The molecule has 0 unspecified atom stereocenters. The Hall–Kier alpha value is -2.99. The van der Waals surface area contributed by atoms with Gasteiger partial charge in [-0.15, -0.1) is 11.3 Å². The van der Waals surface area contributed by atoms with Gasteiger partial charge in [0.1, 0.15) is 5.82 Å². The van der Waals surface area contributed by atoms with E-state index in [-0.39, 0.29) is 11.7 Å². The molecule has 2 aromatic carbocycles. The first-order valence-corrected chi connectivity index (χ1v) is 8.33. The molecule has 4 nitrogen and oxygen atoms in total. The van der Waals surface area contributed by atoms with Crippen molar-refractivity contribution >= 4 is 28.8 Å². The summed E-state index contributed by atoms with van der Waals surface area (Å²) >= 11 is 1.35. The lowest BCUT2D eigenvalue weighted by Gasteiger charge is -2.04. The van der Waals surface area contributed by atoms with E-state index >= 15 is 0 Å². The van der Waals surface area contributed by atoms with E-state index in [9.17, 15) is 14.0 Å². The Morgan fingerprint density at radius 1 is 1.04 bits per heavy atom. The van der Waals surface area contributed by atoms with Crippen LogP contribution in [0.25, 0.3) is 10.4 Å². The smallest absolute Gasteiger partial charge is 0.265 e. The number of amides is 2. The van der Waals surface area contributed by atoms with Gasteiger partial charge in [-0.1, -0.05) is 12.1 Å². The summed E-state index contributed by atoms with van der Waals surface area (Å²) < 4.78 is 13.1. The molecule has 1 heterocycles. The van der Waals surface area contributed by atoms with Gasteiger partial charge in [-0.3, -0.25) is 9.59 Å². The molecule has 0 spiro atoms. The predicted octanol–water partition coefficient (Wildman–Crippen LogP) is 4.21. The summed E-state index contributed by atoms with van der Waals surface area (Å²) in [5, 5.41) is 2.78. The summed E-state index contributed by atoms with van der Waals surface area (Å²) in [7, 11) is 0. The molecular weight excluding hydrogens is 339 g/mol. The number of nitrogens with two attached hydrogens (primary N) is 1. The lowest BCUT2D eigenvalue weighted by molar-refractivity contribution is 0.0998. The van der Waals surface area contributed by atoms with Crippen LogP contribution in [0, 0.1) is 12.7 Å². The maximum atomic E-state index is 13.1. The number of carbonyl (C=O) groups excluding carboxylic acids is 2. The van der Waals surface area contributed by atoms with Crippen molar-refractivity contribution in [3.8, 4) is 10.4 Å². The molecule has 6 heteroatoms. The van der Waals surface area contributed by atoms with Crippen LogP contribution in [0.3, 0.4) is 0 Å². The first kappa shape index (κ1) is 16.9. The molecule has 0 radical (unpaired) electrons. The molecule has 0 aliphatic rings. The molecule has 25 heavy (non-hydrogen) atoms. The fraction of sp³-hybridized carbons (Fsp3) is 0.0526. The number of benzene rings is 2. The topological polar surface area (TPSA) is 72.2 Å². The van der Waals surface area contributed by atoms with E-state index in [1.165, 1.54) is 23.5 Å². The van der Waals surface area contributed by atoms with Gasteiger partial charge in [-0.25, -0.2) is 4.39 Å². The van der Waals surface area contributed by atoms with E-state index in [2.05, 4.69) is 5.32 Å². The van der Waals surface area contributed by atoms with Crippen LogP contribution < -0.4 is 11.1 Å². The zero-order valence-electron chi connectivity index (χ0n) is 13.4. The van der Waals surface area contributed by atoms with Crippen molar-refractivity contribution in [2.24, 2.45) is 5.73 Å². The summed E-state index contributed by atoms with van der Waals surface area (Å²) in [5.74, 6) is -1.06. The molecular formula is C19H15FN2O2S. The number of primary amides is 1. The second-order valence-corrected chi connectivity index (χ2v) is 6.58. The first-order chi connectivity index (χ1) is 11.9. The van der Waals surface area contributed by atoms with Crippen LogP contribution in [0.5, 0.6) is 0 Å². The highest BCUT2D eigenvalue weighted by Gasteiger charge is 2.14. The van der Waals surface area contributed by atoms with E-state index in [1.807, 2.05) is 6.92 Å². The largest absolute Gasteiger partial charge is 0.366 e. The van der Waals surface area contributed by atoms with Crippen molar-refractivity contribution < 1.29 is 14.0 Å². The lowest BCUT2D eigenvalue weighted by Crippen LogP contribution is -2.12. The predicted molar refractivity (Wildman–Crippen MR) is 97.4 cm³/mol. The zero-order valence-corrected chi connectivity index (χ0v) is 14.2. The Morgan fingerprint density at radius 2 is 1.68 bits per heavy atom. The average Bonchev–Trinajstić information content (AvgIpc) is 2.98. The monoisotopic (exact) mass is 354 g/mol. The second kappa shape index (κ2) is 6.86. The van der Waals surface area contributed by atoms with Crippen molar-refractivity contribution in [3.63, 3.8) is 0 Å². The van der Waals surface area contributed by atoms with E-state index in [0.717, 1.165) is 16.0 Å². The van der Waals surface area contributed by atoms with Crippen molar-refractivity contribution in [3.05, 3.63) is 76.4 Å². The quantitative estimate of drug-likeness (QED) is 0.736. The molecule has 3 rings (SSSR count). The minimum absolute atomic E-state index is 0.242. The summed E-state index contributed by atoms with van der Waals surface area (Å²) in [6.45, 7) is 1.91. The third-order valence-corrected chi connectivity index (χ3v) is 4.96. The number of aryl methyl sites for hydroxylation is 1. The highest BCUT2D eigenvalue weighted by atomic mass is 32.1. The van der Waals surface area contributed by atoms with Gasteiger partial charge in [0.25, 0.3) is 5.91 Å². The Morgan fingerprint density at radius 3 is 2.28 bits per heavy atom. The summed E-state index contributed by atoms with van der Waals surface area (Å²) in [5.41, 5.74) is 7.96. The lowest BCUT2D eigenvalue weighted by atomic mass is 10.1. The summed E-state index contributed by atoms with van der Waals surface area (Å²) in [6.07, 6.45) is 0. The zero-order chi connectivity index (χ0) is 18.0. The Kier molecular flexibility index (Phi) is 4.63. The molecule has 0 saturated heterocycles. The maximum Gasteiger partial charge on any atom is 0.265 e. The number of carbonyl (C=O) groups is 2. The molecule has 2 amide bonds. The van der Waals surface area contributed by atoms with E-state index in [4.69, 9.17) is 5.73 Å². The van der Waals surface area contributed by atoms with Gasteiger partial charge in [-0.05, 0) is 60.5 Å². The first-order valence-electron chi connectivity index (χ1n) is 7.51. The molecule has 0 fully saturated rings. The highest BCUT2D eigenvalue weighted by Crippen LogP contribution is 2.32. The number of hydrogen-bond acceptors (Lipinski definition) is 3. The van der Waals surface area contributed by atoms with Crippen LogP contribution in [0.2, 0.25) is 0 Å². The van der Waals surface area contributed by atoms with Crippen molar-refractivity contribution in [1.82, 2.24) is 0 Å². The molecule has 3 N–H and O–H groups in total. The molecule has 0 aliphatic carbocycles. The van der Waals surface area contributed by atoms with Crippen LogP contribution in [-0.4, -0.2) is 11.8 Å². The second-order valence-electron chi connectivity index (χ2n) is 5.53. The molecule has 3 aromatic rings. The van der Waals surface area contributed by atoms with Crippen LogP contribution in [0.4, 0.5) is 10.1 Å². The SMILES string of the molecule is Cc1cc(C(=O)Nc2ccc(C(N)=O)cc2)sc1-c1ccc(F)cc1. The van der Waals surface area contributed by atoms with Gasteiger partial charge in [0.15, 0.2) is 0 Å². The molecule has 0 aliphatic heterocycles. The third-order valence-electron chi connectivity index (χ3n) is 3.68. The van der Waals surface area contributed by atoms with Crippen LogP contribution >= 0.6 is 11.3 Å². The minimum atomic E-state index is -0.518. The number of thiophene rings is 1. The number of anilines is 1. The van der Waals surface area contributed by atoms with Crippen molar-refractivity contribution in [2.45, 2.75) is 6.92 Å². The van der Waals surface area contributed by atoms with E-state index in [0.29, 0.717) is 16.1 Å². The number of halogens is 1. The van der Waals surface area contributed by atoms with Gasteiger partial charge < -0.3 is 11.1 Å². The van der Waals surface area contributed by atoms with Crippen LogP contribution in [0.15, 0.2) is 54.6 Å². The van der Waals surface area contributed by atoms with Crippen molar-refractivity contribution in [2.75, 3.05) is 5.32 Å². The third kappa shape index (κ3) is 3.75. The van der Waals surface area contributed by atoms with Gasteiger partial charge in [0.2, 0.25) is 5.91 Å². The fourth-order valence-corrected chi connectivity index (χ4v) is 3.47. The number of hydrogen-bond donors (Lipinski definition) is 2. The highest BCUT2D eigenvalue weighted by molar-refractivity contribution is 7.17. The average molecular weight is 354 g/mol. The molecule has 0 atom stereocenters. The Labute approximate surface area is 148 Å². The summed E-state index contributed by atoms with van der Waals surface area (Å²) in [4.78, 5) is 25.0. The normalized spacial score (nSPS) is 10.5. The molecule has 126 valence electrons. The summed E-state index contributed by atoms with van der Waals surface area (Å²) in [6, 6.07) is 14.3. The van der Waals surface area contributed by atoms with Gasteiger partial charge in [0, 0.05) is 16.1 Å². The number of rotatable bonds is 4. The Bertz CT molecular complexity index is 931. The minimum Gasteiger partial charge on any atom is -0.366 e. The van der Waals surface area contributed by atoms with Crippen LogP contribution in [-0.2, 0) is 0 Å². The van der Waals surface area contributed by atoms with E-state index < -0.39 is 5.91 Å². The van der Waals surface area contributed by atoms with Crippen molar-refractivity contribution in [1.29, 1.82) is 0 Å². The Balaban J connectivity index is 1.80. The van der Waals surface area contributed by atoms with Gasteiger partial charge in [0.05, 0.1) is 4.88 Å². The fourth-order valence-electron chi connectivity index (χ4n) is 2.39. The number of nitrogens with one attached hydrogen (secondary N) is 1. The van der Waals surface area contributed by atoms with Gasteiger partial charge in [-0.2, -0.15) is 0 Å². The molecule has 1 aromatic heterocycles. The van der Waals surface area contributed by atoms with Gasteiger partial charge >= 0.3 is 0 Å². The molecule has 0 bridgehead atoms. The standard InChI is InChI=1S/C19H15FN2O2S/c1-11-10-16(25-17(11)12-2-6-14(20)7-3-12)19(24)22-15-8-4-13(5-9-15)18(21)23/h2-10H,1H3,(H2,21,23)(H,22,24). The molecule has 0 saturated carbocycles. The maximum absolute atomic E-state index is 13.1. The van der Waals surface area contributed by atoms with E-state index in [1.54, 1.807) is 42.5 Å².